The topological polar surface area (TPSA) is 51.2 Å². The van der Waals surface area contributed by atoms with Crippen LogP contribution in [0, 0.1) is 0 Å². The highest BCUT2D eigenvalue weighted by molar-refractivity contribution is 7.92. The van der Waals surface area contributed by atoms with Gasteiger partial charge in [0.2, 0.25) is 0 Å². The lowest BCUT2D eigenvalue weighted by Gasteiger charge is -2.05. The first-order valence-corrected chi connectivity index (χ1v) is 9.13. The molecule has 0 aliphatic rings. The van der Waals surface area contributed by atoms with Gasteiger partial charge in [-0.1, -0.05) is 57.4 Å². The third-order valence-corrected chi connectivity index (χ3v) is 4.84. The van der Waals surface area contributed by atoms with Gasteiger partial charge in [0.1, 0.15) is 5.75 Å². The second kappa shape index (κ2) is 8.20. The molecular weight excluding hydrogens is 272 g/mol. The summed E-state index contributed by atoms with van der Waals surface area (Å²) in [5.41, 5.74) is 1.67. The molecule has 4 heteroatoms. The molecule has 0 spiro atoms. The molecular formula is C16H24O3S. The summed E-state index contributed by atoms with van der Waals surface area (Å²) < 4.78 is 23.7. The number of aryl methyl sites for hydroxylation is 1. The third-order valence-electron chi connectivity index (χ3n) is 3.22. The summed E-state index contributed by atoms with van der Waals surface area (Å²) in [5, 5.41) is 0. The molecule has 1 aromatic rings. The van der Waals surface area contributed by atoms with E-state index in [1.807, 2.05) is 19.1 Å². The van der Waals surface area contributed by atoms with E-state index in [0.29, 0.717) is 12.0 Å². The average molecular weight is 296 g/mol. The minimum absolute atomic E-state index is 0.112. The van der Waals surface area contributed by atoms with Crippen molar-refractivity contribution in [2.45, 2.75) is 46.0 Å². The lowest BCUT2D eigenvalue weighted by molar-refractivity contribution is 0.102. The first-order valence-electron chi connectivity index (χ1n) is 7.31. The Bertz CT molecular complexity index is 515. The zero-order chi connectivity index (χ0) is 15.0. The lowest BCUT2D eigenvalue weighted by atomic mass is 10.1. The summed E-state index contributed by atoms with van der Waals surface area (Å²) in [6.45, 7) is 4.12. The van der Waals surface area contributed by atoms with Gasteiger partial charge in [-0.25, -0.2) is 8.42 Å². The summed E-state index contributed by atoms with van der Waals surface area (Å²) >= 11 is 0. The molecule has 0 saturated carbocycles. The van der Waals surface area contributed by atoms with Gasteiger partial charge in [-0.2, -0.15) is 0 Å². The highest BCUT2D eigenvalue weighted by atomic mass is 32.2. The number of carbonyl (C=O) groups excluding carboxylic acids is 1. The lowest BCUT2D eigenvalue weighted by Crippen LogP contribution is -2.19. The molecule has 0 N–H and O–H groups in total. The van der Waals surface area contributed by atoms with E-state index in [2.05, 4.69) is 6.92 Å². The Labute approximate surface area is 122 Å². The fourth-order valence-corrected chi connectivity index (χ4v) is 3.43. The molecule has 1 aromatic carbocycles. The Morgan fingerprint density at radius 2 is 1.65 bits per heavy atom. The van der Waals surface area contributed by atoms with Crippen molar-refractivity contribution in [3.63, 3.8) is 0 Å². The van der Waals surface area contributed by atoms with E-state index in [1.54, 1.807) is 12.1 Å². The van der Waals surface area contributed by atoms with Gasteiger partial charge in [-0.05, 0) is 18.4 Å². The van der Waals surface area contributed by atoms with E-state index in [4.69, 9.17) is 0 Å². The summed E-state index contributed by atoms with van der Waals surface area (Å²) in [6.07, 6.45) is 4.53. The Balaban J connectivity index is 2.61. The molecule has 3 nitrogen and oxygen atoms in total. The van der Waals surface area contributed by atoms with Crippen LogP contribution >= 0.6 is 0 Å². The van der Waals surface area contributed by atoms with E-state index in [1.165, 1.54) is 5.56 Å². The molecule has 0 amide bonds. The average Bonchev–Trinajstić information content (AvgIpc) is 2.39. The summed E-state index contributed by atoms with van der Waals surface area (Å²) in [6, 6.07) is 7.27. The van der Waals surface area contributed by atoms with Gasteiger partial charge in [0.25, 0.3) is 0 Å². The quantitative estimate of drug-likeness (QED) is 0.518. The maximum atomic E-state index is 12.0. The van der Waals surface area contributed by atoms with Crippen LogP contribution in [0.15, 0.2) is 24.3 Å². The van der Waals surface area contributed by atoms with Crippen molar-refractivity contribution in [1.82, 2.24) is 0 Å². The molecule has 20 heavy (non-hydrogen) atoms. The first-order chi connectivity index (χ1) is 9.48. The maximum Gasteiger partial charge on any atom is 0.177 e. The van der Waals surface area contributed by atoms with Gasteiger partial charge < -0.3 is 0 Å². The van der Waals surface area contributed by atoms with E-state index >= 15 is 0 Å². The SMILES string of the molecule is CCCCCS(=O)(=O)CC(=O)c1ccc(CCC)cc1. The summed E-state index contributed by atoms with van der Waals surface area (Å²) in [4.78, 5) is 12.0. The van der Waals surface area contributed by atoms with Gasteiger partial charge in [-0.3, -0.25) is 4.79 Å². The Kier molecular flexibility index (Phi) is 6.93. The smallest absolute Gasteiger partial charge is 0.177 e. The zero-order valence-electron chi connectivity index (χ0n) is 12.4. The van der Waals surface area contributed by atoms with Crippen molar-refractivity contribution in [2.24, 2.45) is 0 Å². The standard InChI is InChI=1S/C16H24O3S/c1-3-5-6-12-20(18,19)13-16(17)15-10-8-14(7-4-2)9-11-15/h8-11H,3-7,12-13H2,1-2H3. The number of unbranched alkanes of at least 4 members (excludes halogenated alkanes) is 2. The van der Waals surface area contributed by atoms with E-state index in [9.17, 15) is 13.2 Å². The monoisotopic (exact) mass is 296 g/mol. The van der Waals surface area contributed by atoms with Gasteiger partial charge >= 0.3 is 0 Å². The van der Waals surface area contributed by atoms with Gasteiger partial charge in [0.05, 0.1) is 5.75 Å². The first kappa shape index (κ1) is 16.9. The highest BCUT2D eigenvalue weighted by Gasteiger charge is 2.17. The molecule has 0 bridgehead atoms. The minimum atomic E-state index is -3.27. The number of ketones is 1. The van der Waals surface area contributed by atoms with Crippen LogP contribution < -0.4 is 0 Å². The summed E-state index contributed by atoms with van der Waals surface area (Å²) in [5.74, 6) is -0.561. The molecule has 0 atom stereocenters. The predicted octanol–water partition coefficient (Wildman–Crippen LogP) is 3.43. The fraction of sp³-hybridized carbons (Fsp3) is 0.562. The van der Waals surface area contributed by atoms with Gasteiger partial charge in [-0.15, -0.1) is 0 Å². The number of hydrogen-bond donors (Lipinski definition) is 0. The van der Waals surface area contributed by atoms with Crippen LogP contribution in [0.4, 0.5) is 0 Å². The van der Waals surface area contributed by atoms with Crippen molar-refractivity contribution >= 4 is 15.6 Å². The van der Waals surface area contributed by atoms with Crippen molar-refractivity contribution in [3.05, 3.63) is 35.4 Å². The Morgan fingerprint density at radius 1 is 1.00 bits per heavy atom. The largest absolute Gasteiger partial charge is 0.293 e. The molecule has 112 valence electrons. The second-order valence-corrected chi connectivity index (χ2v) is 7.35. The summed E-state index contributed by atoms with van der Waals surface area (Å²) in [7, 11) is -3.27. The van der Waals surface area contributed by atoms with Crippen molar-refractivity contribution in [2.75, 3.05) is 11.5 Å². The van der Waals surface area contributed by atoms with Crippen LogP contribution in [0.5, 0.6) is 0 Å². The van der Waals surface area contributed by atoms with Crippen LogP contribution in [0.3, 0.4) is 0 Å². The number of rotatable bonds is 9. The molecule has 0 aliphatic carbocycles. The number of hydrogen-bond acceptors (Lipinski definition) is 3. The van der Waals surface area contributed by atoms with Crippen molar-refractivity contribution < 1.29 is 13.2 Å². The Hall–Kier alpha value is -1.16. The van der Waals surface area contributed by atoms with Crippen LogP contribution in [0.1, 0.15) is 55.5 Å². The maximum absolute atomic E-state index is 12.0. The minimum Gasteiger partial charge on any atom is -0.293 e. The van der Waals surface area contributed by atoms with Gasteiger partial charge in [0, 0.05) is 5.56 Å². The fourth-order valence-electron chi connectivity index (χ4n) is 2.07. The molecule has 0 radical (unpaired) electrons. The normalized spacial score (nSPS) is 11.5. The van der Waals surface area contributed by atoms with E-state index < -0.39 is 9.84 Å². The van der Waals surface area contributed by atoms with E-state index in [0.717, 1.165) is 25.7 Å². The molecule has 1 rings (SSSR count). The van der Waals surface area contributed by atoms with Crippen LogP contribution in [-0.4, -0.2) is 25.7 Å². The van der Waals surface area contributed by atoms with E-state index in [-0.39, 0.29) is 17.3 Å². The van der Waals surface area contributed by atoms with Crippen molar-refractivity contribution in [3.8, 4) is 0 Å². The molecule has 0 saturated heterocycles. The number of benzene rings is 1. The number of carbonyl (C=O) groups is 1. The highest BCUT2D eigenvalue weighted by Crippen LogP contribution is 2.09. The third kappa shape index (κ3) is 5.87. The number of sulfone groups is 1. The zero-order valence-corrected chi connectivity index (χ0v) is 13.2. The number of Topliss-reactive ketones (excluding diaryl/α,β-unsaturated/α-hetero) is 1. The van der Waals surface area contributed by atoms with Crippen LogP contribution in [-0.2, 0) is 16.3 Å². The molecule has 0 aliphatic heterocycles. The predicted molar refractivity (Wildman–Crippen MR) is 82.9 cm³/mol. The molecule has 0 fully saturated rings. The Morgan fingerprint density at radius 3 is 2.20 bits per heavy atom. The van der Waals surface area contributed by atoms with Crippen molar-refractivity contribution in [1.29, 1.82) is 0 Å². The van der Waals surface area contributed by atoms with Gasteiger partial charge in [0.15, 0.2) is 15.6 Å². The molecule has 0 unspecified atom stereocenters. The van der Waals surface area contributed by atoms with Crippen LogP contribution in [0.25, 0.3) is 0 Å². The molecule has 0 heterocycles. The van der Waals surface area contributed by atoms with Crippen LogP contribution in [0.2, 0.25) is 0 Å². The second-order valence-electron chi connectivity index (χ2n) is 5.17. The molecule has 0 aromatic heterocycles.